The van der Waals surface area contributed by atoms with E-state index in [0.717, 1.165) is 11.3 Å². The number of aromatic nitrogens is 3. The fourth-order valence-electron chi connectivity index (χ4n) is 2.83. The van der Waals surface area contributed by atoms with Crippen LogP contribution in [0.1, 0.15) is 6.92 Å². The van der Waals surface area contributed by atoms with Crippen LogP contribution in [0, 0.1) is 0 Å². The van der Waals surface area contributed by atoms with Crippen molar-refractivity contribution in [2.24, 2.45) is 0 Å². The van der Waals surface area contributed by atoms with E-state index in [1.807, 2.05) is 47.9 Å². The molecule has 30 heavy (non-hydrogen) atoms. The number of carbonyl (C=O) groups is 1. The van der Waals surface area contributed by atoms with Gasteiger partial charge in [-0.05, 0) is 43.3 Å². The summed E-state index contributed by atoms with van der Waals surface area (Å²) < 4.78 is 12.7. The summed E-state index contributed by atoms with van der Waals surface area (Å²) in [6, 6.07) is 15.0. The fraction of sp³-hybridized carbons (Fsp3) is 0.227. The zero-order chi connectivity index (χ0) is 21.3. The average molecular weight is 425 g/mol. The topological polar surface area (TPSA) is 78.3 Å². The third-order valence-corrected chi connectivity index (χ3v) is 5.13. The summed E-state index contributed by atoms with van der Waals surface area (Å²) in [7, 11) is 1.57. The SMILES string of the molecule is C=CCn1c(SCC(=O)Nc2ccccc2OC)nnc1-c1ccc(OCC)cc1. The number of methoxy groups -OCH3 is 1. The molecular weight excluding hydrogens is 400 g/mol. The van der Waals surface area contributed by atoms with E-state index in [9.17, 15) is 4.79 Å². The number of amides is 1. The second kappa shape index (κ2) is 10.5. The van der Waals surface area contributed by atoms with E-state index in [2.05, 4.69) is 22.1 Å². The summed E-state index contributed by atoms with van der Waals surface area (Å²) in [5.41, 5.74) is 1.55. The van der Waals surface area contributed by atoms with Gasteiger partial charge in [-0.2, -0.15) is 0 Å². The molecule has 2 aromatic carbocycles. The summed E-state index contributed by atoms with van der Waals surface area (Å²) >= 11 is 1.32. The minimum atomic E-state index is -0.153. The van der Waals surface area contributed by atoms with Crippen molar-refractivity contribution in [3.05, 3.63) is 61.2 Å². The molecule has 0 unspecified atom stereocenters. The molecule has 1 heterocycles. The molecule has 0 bridgehead atoms. The lowest BCUT2D eigenvalue weighted by Crippen LogP contribution is -2.15. The number of carbonyl (C=O) groups excluding carboxylic acids is 1. The van der Waals surface area contributed by atoms with Crippen LogP contribution in [-0.2, 0) is 11.3 Å². The van der Waals surface area contributed by atoms with Crippen molar-refractivity contribution in [2.75, 3.05) is 24.8 Å². The number of hydrogen-bond acceptors (Lipinski definition) is 6. The van der Waals surface area contributed by atoms with Crippen molar-refractivity contribution in [3.8, 4) is 22.9 Å². The van der Waals surface area contributed by atoms with Gasteiger partial charge in [-0.3, -0.25) is 9.36 Å². The van der Waals surface area contributed by atoms with Crippen LogP contribution in [0.2, 0.25) is 0 Å². The maximum Gasteiger partial charge on any atom is 0.234 e. The average Bonchev–Trinajstić information content (AvgIpc) is 3.16. The molecule has 3 aromatic rings. The number of thioether (sulfide) groups is 1. The fourth-order valence-corrected chi connectivity index (χ4v) is 3.58. The maximum atomic E-state index is 12.4. The maximum absolute atomic E-state index is 12.4. The minimum Gasteiger partial charge on any atom is -0.495 e. The van der Waals surface area contributed by atoms with Gasteiger partial charge in [-0.25, -0.2) is 0 Å². The van der Waals surface area contributed by atoms with Gasteiger partial charge in [0.15, 0.2) is 11.0 Å². The second-order valence-corrected chi connectivity index (χ2v) is 7.14. The van der Waals surface area contributed by atoms with Crippen molar-refractivity contribution in [2.45, 2.75) is 18.6 Å². The van der Waals surface area contributed by atoms with Crippen molar-refractivity contribution in [3.63, 3.8) is 0 Å². The molecule has 0 spiro atoms. The van der Waals surface area contributed by atoms with Gasteiger partial charge >= 0.3 is 0 Å². The van der Waals surface area contributed by atoms with E-state index < -0.39 is 0 Å². The molecule has 0 aliphatic carbocycles. The van der Waals surface area contributed by atoms with E-state index in [0.29, 0.717) is 35.6 Å². The Morgan fingerprint density at radius 1 is 1.20 bits per heavy atom. The molecule has 3 rings (SSSR count). The predicted octanol–water partition coefficient (Wildman–Crippen LogP) is 4.27. The van der Waals surface area contributed by atoms with Gasteiger partial charge in [0.2, 0.25) is 5.91 Å². The van der Waals surface area contributed by atoms with E-state index in [1.54, 1.807) is 25.3 Å². The number of allylic oxidation sites excluding steroid dienone is 1. The molecule has 1 N–H and O–H groups in total. The van der Waals surface area contributed by atoms with Crippen LogP contribution in [0.15, 0.2) is 66.3 Å². The summed E-state index contributed by atoms with van der Waals surface area (Å²) in [6.07, 6.45) is 1.78. The molecule has 1 amide bonds. The Balaban J connectivity index is 1.71. The van der Waals surface area contributed by atoms with Crippen molar-refractivity contribution >= 4 is 23.4 Å². The van der Waals surface area contributed by atoms with Gasteiger partial charge in [0, 0.05) is 12.1 Å². The Labute approximate surface area is 180 Å². The summed E-state index contributed by atoms with van der Waals surface area (Å²) in [5, 5.41) is 12.1. The van der Waals surface area contributed by atoms with Crippen LogP contribution >= 0.6 is 11.8 Å². The van der Waals surface area contributed by atoms with Crippen molar-refractivity contribution in [1.82, 2.24) is 14.8 Å². The zero-order valence-electron chi connectivity index (χ0n) is 17.0. The molecule has 1 aromatic heterocycles. The van der Waals surface area contributed by atoms with Gasteiger partial charge in [-0.15, -0.1) is 16.8 Å². The molecule has 0 aliphatic heterocycles. The van der Waals surface area contributed by atoms with E-state index >= 15 is 0 Å². The predicted molar refractivity (Wildman–Crippen MR) is 119 cm³/mol. The molecule has 7 nitrogen and oxygen atoms in total. The van der Waals surface area contributed by atoms with Gasteiger partial charge < -0.3 is 14.8 Å². The van der Waals surface area contributed by atoms with Gasteiger partial charge in [0.1, 0.15) is 11.5 Å². The first-order valence-electron chi connectivity index (χ1n) is 9.49. The van der Waals surface area contributed by atoms with Crippen molar-refractivity contribution < 1.29 is 14.3 Å². The lowest BCUT2D eigenvalue weighted by atomic mass is 10.2. The molecule has 0 saturated carbocycles. The largest absolute Gasteiger partial charge is 0.495 e. The number of benzene rings is 2. The van der Waals surface area contributed by atoms with Crippen LogP contribution in [0.3, 0.4) is 0 Å². The van der Waals surface area contributed by atoms with Crippen LogP contribution in [0.5, 0.6) is 11.5 Å². The molecule has 0 saturated heterocycles. The Hall–Kier alpha value is -3.26. The van der Waals surface area contributed by atoms with Crippen LogP contribution < -0.4 is 14.8 Å². The first kappa shape index (κ1) is 21.4. The number of nitrogens with one attached hydrogen (secondary N) is 1. The molecular formula is C22H24N4O3S. The Morgan fingerprint density at radius 2 is 1.97 bits per heavy atom. The lowest BCUT2D eigenvalue weighted by molar-refractivity contribution is -0.113. The van der Waals surface area contributed by atoms with Crippen molar-refractivity contribution in [1.29, 1.82) is 0 Å². The molecule has 0 atom stereocenters. The number of hydrogen-bond donors (Lipinski definition) is 1. The summed E-state index contributed by atoms with van der Waals surface area (Å²) in [6.45, 7) is 6.92. The van der Waals surface area contributed by atoms with Gasteiger partial charge in [-0.1, -0.05) is 30.0 Å². The van der Waals surface area contributed by atoms with E-state index in [4.69, 9.17) is 9.47 Å². The Bertz CT molecular complexity index is 1000. The quantitative estimate of drug-likeness (QED) is 0.387. The molecule has 0 aliphatic rings. The van der Waals surface area contributed by atoms with E-state index in [-0.39, 0.29) is 11.7 Å². The number of para-hydroxylation sites is 2. The molecule has 0 fully saturated rings. The monoisotopic (exact) mass is 424 g/mol. The summed E-state index contributed by atoms with van der Waals surface area (Å²) in [4.78, 5) is 12.4. The first-order valence-corrected chi connectivity index (χ1v) is 10.5. The normalized spacial score (nSPS) is 10.5. The highest BCUT2D eigenvalue weighted by Gasteiger charge is 2.16. The Kier molecular flexibility index (Phi) is 7.51. The Morgan fingerprint density at radius 3 is 2.67 bits per heavy atom. The highest BCUT2D eigenvalue weighted by molar-refractivity contribution is 7.99. The second-order valence-electron chi connectivity index (χ2n) is 6.20. The third-order valence-electron chi connectivity index (χ3n) is 4.17. The molecule has 8 heteroatoms. The number of anilines is 1. The summed E-state index contributed by atoms with van der Waals surface area (Å²) in [5.74, 6) is 2.17. The molecule has 156 valence electrons. The van der Waals surface area contributed by atoms with Crippen LogP contribution in [0.4, 0.5) is 5.69 Å². The van der Waals surface area contributed by atoms with Crippen LogP contribution in [-0.4, -0.2) is 40.1 Å². The lowest BCUT2D eigenvalue weighted by Gasteiger charge is -2.10. The van der Waals surface area contributed by atoms with Gasteiger partial charge in [0.05, 0.1) is 25.2 Å². The van der Waals surface area contributed by atoms with E-state index in [1.165, 1.54) is 11.8 Å². The third kappa shape index (κ3) is 5.21. The van der Waals surface area contributed by atoms with Crippen LogP contribution in [0.25, 0.3) is 11.4 Å². The smallest absolute Gasteiger partial charge is 0.234 e. The number of nitrogens with zero attached hydrogens (tertiary/aromatic N) is 3. The number of rotatable bonds is 10. The molecule has 0 radical (unpaired) electrons. The highest BCUT2D eigenvalue weighted by Crippen LogP contribution is 2.27. The zero-order valence-corrected chi connectivity index (χ0v) is 17.8. The number of ether oxygens (including phenoxy) is 2. The standard InChI is InChI=1S/C22H24N4O3S/c1-4-14-26-21(16-10-12-17(13-11-16)29-5-2)24-25-22(26)30-15-20(27)23-18-8-6-7-9-19(18)28-3/h4,6-13H,1,5,14-15H2,2-3H3,(H,23,27). The first-order chi connectivity index (χ1) is 14.7. The minimum absolute atomic E-state index is 0.153. The highest BCUT2D eigenvalue weighted by atomic mass is 32.2. The van der Waals surface area contributed by atoms with Gasteiger partial charge in [0.25, 0.3) is 0 Å².